The molecule has 0 aromatic heterocycles. The number of hydrogen-bond acceptors (Lipinski definition) is 4. The molecule has 0 atom stereocenters. The molecule has 23 heavy (non-hydrogen) atoms. The number of carbonyl (C=O) groups is 2. The van der Waals surface area contributed by atoms with Crippen LogP contribution in [0.3, 0.4) is 0 Å². The van der Waals surface area contributed by atoms with Crippen LogP contribution in [0.1, 0.15) is 30.4 Å². The van der Waals surface area contributed by atoms with Crippen molar-refractivity contribution in [2.24, 2.45) is 0 Å². The molecule has 1 aromatic rings. The maximum Gasteiger partial charge on any atom is 0.220 e. The molecule has 128 valence electrons. The van der Waals surface area contributed by atoms with E-state index in [1.165, 1.54) is 11.1 Å². The molecule has 1 aromatic carbocycles. The van der Waals surface area contributed by atoms with Gasteiger partial charge in [0.15, 0.2) is 0 Å². The van der Waals surface area contributed by atoms with Crippen molar-refractivity contribution in [1.29, 1.82) is 0 Å². The molecule has 0 saturated carbocycles. The van der Waals surface area contributed by atoms with Crippen LogP contribution in [0.25, 0.3) is 0 Å². The molecular formula is C17H26N2O2S2. The van der Waals surface area contributed by atoms with E-state index in [1.807, 2.05) is 6.26 Å². The molecule has 0 unspecified atom stereocenters. The average molecular weight is 355 g/mol. The molecule has 4 nitrogen and oxygen atoms in total. The van der Waals surface area contributed by atoms with E-state index in [-0.39, 0.29) is 11.8 Å². The molecule has 0 aliphatic carbocycles. The third kappa shape index (κ3) is 10.3. The van der Waals surface area contributed by atoms with Crippen molar-refractivity contribution in [2.75, 3.05) is 25.1 Å². The molecule has 0 saturated heterocycles. The Morgan fingerprint density at radius 2 is 1.61 bits per heavy atom. The SMILES string of the molecule is CSSCCC(=O)NCCNC(=O)CCCc1ccc(C)cc1. The number of hydrogen-bond donors (Lipinski definition) is 2. The summed E-state index contributed by atoms with van der Waals surface area (Å²) in [5, 5.41) is 5.65. The van der Waals surface area contributed by atoms with Gasteiger partial charge in [-0.25, -0.2) is 0 Å². The lowest BCUT2D eigenvalue weighted by Gasteiger charge is -2.07. The summed E-state index contributed by atoms with van der Waals surface area (Å²) in [6.45, 7) is 3.05. The lowest BCUT2D eigenvalue weighted by Crippen LogP contribution is -2.34. The molecule has 0 fully saturated rings. The molecule has 0 radical (unpaired) electrons. The van der Waals surface area contributed by atoms with Crippen LogP contribution in [0.15, 0.2) is 24.3 Å². The zero-order valence-corrected chi connectivity index (χ0v) is 15.5. The Hall–Kier alpha value is -1.14. The molecule has 6 heteroatoms. The van der Waals surface area contributed by atoms with E-state index in [1.54, 1.807) is 21.6 Å². The summed E-state index contributed by atoms with van der Waals surface area (Å²) < 4.78 is 0. The van der Waals surface area contributed by atoms with Crippen LogP contribution in [-0.4, -0.2) is 36.9 Å². The molecule has 0 bridgehead atoms. The van der Waals surface area contributed by atoms with Gasteiger partial charge < -0.3 is 10.6 Å². The van der Waals surface area contributed by atoms with Crippen LogP contribution in [0.4, 0.5) is 0 Å². The highest BCUT2D eigenvalue weighted by atomic mass is 33.1. The van der Waals surface area contributed by atoms with Crippen molar-refractivity contribution in [2.45, 2.75) is 32.6 Å². The first kappa shape index (κ1) is 19.9. The topological polar surface area (TPSA) is 58.2 Å². The fourth-order valence-corrected chi connectivity index (χ4v) is 3.19. The van der Waals surface area contributed by atoms with Gasteiger partial charge >= 0.3 is 0 Å². The highest BCUT2D eigenvalue weighted by Crippen LogP contribution is 2.16. The van der Waals surface area contributed by atoms with Crippen LogP contribution in [0, 0.1) is 6.92 Å². The Balaban J connectivity index is 2.01. The normalized spacial score (nSPS) is 10.3. The third-order valence-corrected chi connectivity index (χ3v) is 5.10. The van der Waals surface area contributed by atoms with Crippen molar-refractivity contribution < 1.29 is 9.59 Å². The van der Waals surface area contributed by atoms with Crippen LogP contribution >= 0.6 is 21.6 Å². The van der Waals surface area contributed by atoms with Crippen LogP contribution in [-0.2, 0) is 16.0 Å². The lowest BCUT2D eigenvalue weighted by molar-refractivity contribution is -0.122. The Kier molecular flexibility index (Phi) is 10.6. The molecule has 0 spiro atoms. The summed E-state index contributed by atoms with van der Waals surface area (Å²) >= 11 is 0. The Bertz CT molecular complexity index is 478. The summed E-state index contributed by atoms with van der Waals surface area (Å²) in [6, 6.07) is 8.40. The van der Waals surface area contributed by atoms with Gasteiger partial charge in [0, 0.05) is 31.7 Å². The van der Waals surface area contributed by atoms with Gasteiger partial charge in [-0.3, -0.25) is 9.59 Å². The highest BCUT2D eigenvalue weighted by molar-refractivity contribution is 8.76. The lowest BCUT2D eigenvalue weighted by atomic mass is 10.1. The Morgan fingerprint density at radius 1 is 1.00 bits per heavy atom. The molecule has 0 aliphatic rings. The summed E-state index contributed by atoms with van der Waals surface area (Å²) in [7, 11) is 3.34. The zero-order chi connectivity index (χ0) is 16.9. The number of amides is 2. The van der Waals surface area contributed by atoms with Gasteiger partial charge in [0.25, 0.3) is 0 Å². The van der Waals surface area contributed by atoms with Crippen molar-refractivity contribution >= 4 is 33.4 Å². The first-order valence-electron chi connectivity index (χ1n) is 7.86. The molecule has 1 rings (SSSR count). The predicted octanol–water partition coefficient (Wildman–Crippen LogP) is 2.95. The number of nitrogens with one attached hydrogen (secondary N) is 2. The summed E-state index contributed by atoms with van der Waals surface area (Å²) in [5.41, 5.74) is 2.51. The minimum Gasteiger partial charge on any atom is -0.354 e. The fraction of sp³-hybridized carbons (Fsp3) is 0.529. The monoisotopic (exact) mass is 354 g/mol. The largest absolute Gasteiger partial charge is 0.354 e. The second-order valence-corrected chi connectivity index (χ2v) is 7.96. The standard InChI is InChI=1S/C17H26N2O2S2/c1-14-6-8-15(9-7-14)4-3-5-16(20)18-11-12-19-17(21)10-13-23-22-2/h6-9H,3-5,10-13H2,1-2H3,(H,18,20)(H,19,21). The molecule has 0 aliphatic heterocycles. The van der Waals surface area contributed by atoms with E-state index in [0.717, 1.165) is 18.6 Å². The highest BCUT2D eigenvalue weighted by Gasteiger charge is 2.03. The van der Waals surface area contributed by atoms with Crippen LogP contribution in [0.2, 0.25) is 0 Å². The van der Waals surface area contributed by atoms with Gasteiger partial charge in [0.2, 0.25) is 11.8 Å². The van der Waals surface area contributed by atoms with E-state index in [4.69, 9.17) is 0 Å². The maximum atomic E-state index is 11.7. The predicted molar refractivity (Wildman–Crippen MR) is 101 cm³/mol. The van der Waals surface area contributed by atoms with Gasteiger partial charge in [-0.1, -0.05) is 51.4 Å². The summed E-state index contributed by atoms with van der Waals surface area (Å²) in [5.74, 6) is 0.905. The Labute approximate surface area is 147 Å². The summed E-state index contributed by atoms with van der Waals surface area (Å²) in [4.78, 5) is 23.2. The van der Waals surface area contributed by atoms with Crippen molar-refractivity contribution in [3.8, 4) is 0 Å². The van der Waals surface area contributed by atoms with E-state index >= 15 is 0 Å². The molecular weight excluding hydrogens is 328 g/mol. The van der Waals surface area contributed by atoms with Gasteiger partial charge in [0.05, 0.1) is 0 Å². The average Bonchev–Trinajstić information content (AvgIpc) is 2.54. The number of carbonyl (C=O) groups excluding carboxylic acids is 2. The maximum absolute atomic E-state index is 11.7. The minimum absolute atomic E-state index is 0.0418. The van der Waals surface area contributed by atoms with Gasteiger partial charge in [-0.05, 0) is 31.6 Å². The van der Waals surface area contributed by atoms with Gasteiger partial charge in [0.1, 0.15) is 0 Å². The number of benzene rings is 1. The third-order valence-electron chi connectivity index (χ3n) is 3.29. The minimum atomic E-state index is 0.0418. The van der Waals surface area contributed by atoms with E-state index in [0.29, 0.717) is 25.9 Å². The van der Waals surface area contributed by atoms with Crippen LogP contribution < -0.4 is 10.6 Å². The number of aryl methyl sites for hydroxylation is 2. The molecule has 2 N–H and O–H groups in total. The van der Waals surface area contributed by atoms with Gasteiger partial charge in [-0.2, -0.15) is 0 Å². The summed E-state index contributed by atoms with van der Waals surface area (Å²) in [6.07, 6.45) is 4.80. The second-order valence-electron chi connectivity index (χ2n) is 5.28. The Morgan fingerprint density at radius 3 is 2.22 bits per heavy atom. The second kappa shape index (κ2) is 12.3. The van der Waals surface area contributed by atoms with Crippen LogP contribution in [0.5, 0.6) is 0 Å². The quantitative estimate of drug-likeness (QED) is 0.474. The first-order chi connectivity index (χ1) is 11.1. The fourth-order valence-electron chi connectivity index (χ4n) is 2.01. The van der Waals surface area contributed by atoms with Crippen molar-refractivity contribution in [3.05, 3.63) is 35.4 Å². The van der Waals surface area contributed by atoms with Gasteiger partial charge in [-0.15, -0.1) is 0 Å². The molecule has 0 heterocycles. The van der Waals surface area contributed by atoms with E-state index < -0.39 is 0 Å². The van der Waals surface area contributed by atoms with Crippen molar-refractivity contribution in [3.63, 3.8) is 0 Å². The smallest absolute Gasteiger partial charge is 0.220 e. The molecule has 2 amide bonds. The zero-order valence-electron chi connectivity index (χ0n) is 13.9. The van der Waals surface area contributed by atoms with Crippen molar-refractivity contribution in [1.82, 2.24) is 10.6 Å². The first-order valence-corrected chi connectivity index (χ1v) is 10.6. The van der Waals surface area contributed by atoms with E-state index in [9.17, 15) is 9.59 Å². The van der Waals surface area contributed by atoms with E-state index in [2.05, 4.69) is 41.8 Å². The number of rotatable bonds is 11.